The third-order valence-electron chi connectivity index (χ3n) is 8.40. The Hall–Kier alpha value is -3.83. The van der Waals surface area contributed by atoms with E-state index in [1.807, 2.05) is 33.0 Å². The van der Waals surface area contributed by atoms with Gasteiger partial charge in [0, 0.05) is 41.2 Å². The maximum absolute atomic E-state index is 13.5. The summed E-state index contributed by atoms with van der Waals surface area (Å²) in [6.45, 7) is 3.88. The van der Waals surface area contributed by atoms with E-state index in [4.69, 9.17) is 4.98 Å². The number of benzene rings is 1. The third kappa shape index (κ3) is 5.50. The number of imidazole rings is 1. The zero-order chi connectivity index (χ0) is 27.7. The highest BCUT2D eigenvalue weighted by atomic mass is 16.1. The van der Waals surface area contributed by atoms with E-state index < -0.39 is 0 Å². The minimum atomic E-state index is -0.228. The highest BCUT2D eigenvalue weighted by Crippen LogP contribution is 2.31. The van der Waals surface area contributed by atoms with Crippen molar-refractivity contribution in [2.24, 2.45) is 13.0 Å². The summed E-state index contributed by atoms with van der Waals surface area (Å²) in [6, 6.07) is 12.1. The van der Waals surface area contributed by atoms with Crippen LogP contribution >= 0.6 is 0 Å². The molecular weight excluding hydrogens is 486 g/mol. The van der Waals surface area contributed by atoms with Gasteiger partial charge in [0.2, 0.25) is 5.78 Å². The van der Waals surface area contributed by atoms with Crippen molar-refractivity contribution >= 4 is 16.9 Å². The molecule has 0 aliphatic heterocycles. The van der Waals surface area contributed by atoms with Gasteiger partial charge >= 0.3 is 0 Å². The molecule has 39 heavy (non-hydrogen) atoms. The molecule has 1 aliphatic rings. The molecule has 0 radical (unpaired) electrons. The fraction of sp³-hybridized carbons (Fsp3) is 0.452. The second-order valence-electron chi connectivity index (χ2n) is 11.2. The Labute approximate surface area is 230 Å². The van der Waals surface area contributed by atoms with Crippen LogP contribution in [-0.4, -0.2) is 55.6 Å². The summed E-state index contributed by atoms with van der Waals surface area (Å²) in [6.07, 6.45) is 8.48. The summed E-state index contributed by atoms with van der Waals surface area (Å²) >= 11 is 0. The first-order valence-corrected chi connectivity index (χ1v) is 13.9. The molecular formula is C31H37N7O. The van der Waals surface area contributed by atoms with Crippen LogP contribution in [0, 0.1) is 31.1 Å². The first kappa shape index (κ1) is 26.8. The second-order valence-corrected chi connectivity index (χ2v) is 11.2. The lowest BCUT2D eigenvalue weighted by atomic mass is 9.94. The minimum Gasteiger partial charge on any atom is -0.334 e. The number of hydrogen-bond acceptors (Lipinski definition) is 6. The fourth-order valence-electron chi connectivity index (χ4n) is 5.98. The molecule has 0 saturated heterocycles. The van der Waals surface area contributed by atoms with Crippen molar-refractivity contribution < 1.29 is 4.79 Å². The van der Waals surface area contributed by atoms with E-state index in [0.717, 1.165) is 46.9 Å². The van der Waals surface area contributed by atoms with E-state index in [1.54, 1.807) is 22.9 Å². The molecule has 1 aliphatic carbocycles. The molecule has 5 rings (SSSR count). The zero-order valence-corrected chi connectivity index (χ0v) is 23.6. The number of carbonyl (C=O) groups excluding carboxylic acids is 1. The molecule has 1 aromatic carbocycles. The number of nitrogens with one attached hydrogen (secondary N) is 1. The molecule has 1 N–H and O–H groups in total. The smallest absolute Gasteiger partial charge is 0.228 e. The summed E-state index contributed by atoms with van der Waals surface area (Å²) in [7, 11) is 6.26. The van der Waals surface area contributed by atoms with Gasteiger partial charge in [0.1, 0.15) is 0 Å². The molecule has 1 fully saturated rings. The van der Waals surface area contributed by atoms with Gasteiger partial charge in [0.05, 0.1) is 22.8 Å². The average molecular weight is 524 g/mol. The van der Waals surface area contributed by atoms with Gasteiger partial charge in [-0.15, -0.1) is 0 Å². The Morgan fingerprint density at radius 3 is 2.67 bits per heavy atom. The van der Waals surface area contributed by atoms with Gasteiger partial charge in [-0.2, -0.15) is 10.4 Å². The lowest BCUT2D eigenvalue weighted by Gasteiger charge is -2.22. The number of carbonyl (C=O) groups is 1. The van der Waals surface area contributed by atoms with Gasteiger partial charge in [-0.1, -0.05) is 12.8 Å². The molecule has 0 amide bonds. The van der Waals surface area contributed by atoms with E-state index in [2.05, 4.69) is 40.1 Å². The topological polar surface area (TPSA) is 103 Å². The number of H-pyrrole nitrogens is 1. The number of aryl methyl sites for hydroxylation is 3. The van der Waals surface area contributed by atoms with E-state index in [-0.39, 0.29) is 11.6 Å². The van der Waals surface area contributed by atoms with E-state index in [1.165, 1.54) is 32.1 Å². The zero-order valence-electron chi connectivity index (χ0n) is 23.6. The van der Waals surface area contributed by atoms with E-state index in [0.29, 0.717) is 28.4 Å². The number of fused-ring (bicyclic) bond motifs is 1. The molecule has 3 aromatic heterocycles. The molecule has 202 valence electrons. The predicted molar refractivity (Wildman–Crippen MR) is 153 cm³/mol. The summed E-state index contributed by atoms with van der Waals surface area (Å²) in [5.74, 6) is 0.762. The second kappa shape index (κ2) is 11.1. The molecule has 0 spiro atoms. The van der Waals surface area contributed by atoms with Crippen molar-refractivity contribution in [2.75, 3.05) is 14.1 Å². The summed E-state index contributed by atoms with van der Waals surface area (Å²) < 4.78 is 1.79. The van der Waals surface area contributed by atoms with Crippen LogP contribution in [-0.2, 0) is 13.5 Å². The monoisotopic (exact) mass is 523 g/mol. The Balaban J connectivity index is 1.34. The van der Waals surface area contributed by atoms with E-state index in [9.17, 15) is 10.1 Å². The quantitative estimate of drug-likeness (QED) is 0.253. The maximum atomic E-state index is 13.5. The Morgan fingerprint density at radius 1 is 1.13 bits per heavy atom. The van der Waals surface area contributed by atoms with Gasteiger partial charge in [-0.25, -0.2) is 9.97 Å². The van der Waals surface area contributed by atoms with Gasteiger partial charge < -0.3 is 9.88 Å². The van der Waals surface area contributed by atoms with Crippen LogP contribution < -0.4 is 0 Å². The standard InChI is InChI=1S/C31H37N7O/c1-19-28(20(2)38(5)36-19)26-17-22(11-12-23(26)18-32)29(39)31-34-27-16-14-24(33-30(27)35-31)13-9-21-7-6-8-25(15-10-21)37(3)4/h11-12,14,16-17,21,25H,6-10,13,15H2,1-5H3,(H,33,34,35). The fourth-order valence-corrected chi connectivity index (χ4v) is 5.98. The number of aromatic nitrogens is 5. The van der Waals surface area contributed by atoms with Crippen LogP contribution in [0.5, 0.6) is 0 Å². The highest BCUT2D eigenvalue weighted by Gasteiger charge is 2.22. The molecule has 1 saturated carbocycles. The molecule has 8 heteroatoms. The van der Waals surface area contributed by atoms with Crippen molar-refractivity contribution in [1.29, 1.82) is 5.26 Å². The Kier molecular flexibility index (Phi) is 7.62. The molecule has 8 nitrogen and oxygen atoms in total. The van der Waals surface area contributed by atoms with Crippen molar-refractivity contribution in [1.82, 2.24) is 29.6 Å². The molecule has 2 atom stereocenters. The number of nitrogens with zero attached hydrogens (tertiary/aromatic N) is 6. The third-order valence-corrected chi connectivity index (χ3v) is 8.40. The summed E-state index contributed by atoms with van der Waals surface area (Å²) in [4.78, 5) is 28.3. The number of hydrogen-bond donors (Lipinski definition) is 1. The first-order chi connectivity index (χ1) is 18.7. The van der Waals surface area contributed by atoms with Crippen LogP contribution in [0.2, 0.25) is 0 Å². The van der Waals surface area contributed by atoms with Crippen LogP contribution in [0.1, 0.15) is 77.4 Å². The van der Waals surface area contributed by atoms with Crippen molar-refractivity contribution in [2.45, 2.75) is 64.8 Å². The predicted octanol–water partition coefficient (Wildman–Crippen LogP) is 5.52. The van der Waals surface area contributed by atoms with Gasteiger partial charge in [0.25, 0.3) is 0 Å². The van der Waals surface area contributed by atoms with Gasteiger partial charge in [0.15, 0.2) is 11.5 Å². The molecule has 4 aromatic rings. The van der Waals surface area contributed by atoms with Crippen LogP contribution in [0.3, 0.4) is 0 Å². The number of ketones is 1. The molecule has 3 heterocycles. The summed E-state index contributed by atoms with van der Waals surface area (Å²) in [5.41, 5.74) is 6.65. The van der Waals surface area contributed by atoms with Crippen LogP contribution in [0.4, 0.5) is 0 Å². The lowest BCUT2D eigenvalue weighted by molar-refractivity contribution is 0.103. The van der Waals surface area contributed by atoms with Crippen molar-refractivity contribution in [3.05, 3.63) is 64.4 Å². The minimum absolute atomic E-state index is 0.228. The SMILES string of the molecule is Cc1nn(C)c(C)c1-c1cc(C(=O)c2nc3nc(CCC4CCCC(N(C)C)CC4)ccc3[nH]2)ccc1C#N. The van der Waals surface area contributed by atoms with Crippen molar-refractivity contribution in [3.63, 3.8) is 0 Å². The maximum Gasteiger partial charge on any atom is 0.228 e. The Bertz CT molecular complexity index is 1560. The molecule has 2 unspecified atom stereocenters. The van der Waals surface area contributed by atoms with E-state index >= 15 is 0 Å². The summed E-state index contributed by atoms with van der Waals surface area (Å²) in [5, 5.41) is 14.2. The van der Waals surface area contributed by atoms with Gasteiger partial charge in [-0.3, -0.25) is 9.48 Å². The largest absolute Gasteiger partial charge is 0.334 e. The van der Waals surface area contributed by atoms with Gasteiger partial charge in [-0.05, 0) is 96.3 Å². The number of nitriles is 1. The first-order valence-electron chi connectivity index (χ1n) is 13.9. The Morgan fingerprint density at radius 2 is 1.95 bits per heavy atom. The number of aromatic amines is 1. The van der Waals surface area contributed by atoms with Crippen LogP contribution in [0.15, 0.2) is 30.3 Å². The average Bonchev–Trinajstić information content (AvgIpc) is 3.34. The van der Waals surface area contributed by atoms with Crippen molar-refractivity contribution in [3.8, 4) is 17.2 Å². The van der Waals surface area contributed by atoms with Crippen LogP contribution in [0.25, 0.3) is 22.3 Å². The lowest BCUT2D eigenvalue weighted by Crippen LogP contribution is -2.27. The number of pyridine rings is 1. The molecule has 0 bridgehead atoms. The number of rotatable bonds is 7. The normalized spacial score (nSPS) is 17.9. The highest BCUT2D eigenvalue weighted by molar-refractivity contribution is 6.08.